The van der Waals surface area contributed by atoms with Gasteiger partial charge in [0.05, 0.1) is 0 Å². The second kappa shape index (κ2) is 7.07. The van der Waals surface area contributed by atoms with Crippen LogP contribution >= 0.6 is 7.92 Å². The fraction of sp³-hybridized carbons (Fsp3) is 0.0476. The first-order valence-corrected chi connectivity index (χ1v) is 8.96. The average Bonchev–Trinajstić information content (AvgIpc) is 2.59. The monoisotopic (exact) mass is 338 g/mol. The van der Waals surface area contributed by atoms with Gasteiger partial charge in [0, 0.05) is 0 Å². The number of halogens is 2. The lowest BCUT2D eigenvalue weighted by Gasteiger charge is -2.19. The Morgan fingerprint density at radius 2 is 1.00 bits per heavy atom. The third-order valence-corrected chi connectivity index (χ3v) is 6.23. The van der Waals surface area contributed by atoms with E-state index in [1.54, 1.807) is 24.3 Å². The molecule has 0 aromatic heterocycles. The molecule has 3 rings (SSSR count). The summed E-state index contributed by atoms with van der Waals surface area (Å²) in [6, 6.07) is 21.3. The number of benzene rings is 3. The first kappa shape index (κ1) is 16.5. The maximum atomic E-state index is 13.3. The predicted octanol–water partition coefficient (Wildman–Crippen LogP) is 4.76. The van der Waals surface area contributed by atoms with Gasteiger partial charge in [-0.3, -0.25) is 0 Å². The summed E-state index contributed by atoms with van der Waals surface area (Å²) in [6.45, 7) is 5.93. The summed E-state index contributed by atoms with van der Waals surface area (Å²) in [7, 11) is -0.865. The van der Waals surface area contributed by atoms with Gasteiger partial charge in [-0.1, -0.05) is 60.7 Å². The summed E-state index contributed by atoms with van der Waals surface area (Å²) in [4.78, 5) is 0. The fourth-order valence-electron chi connectivity index (χ4n) is 2.52. The number of allylic oxidation sites excluding steroid dienone is 1. The van der Waals surface area contributed by atoms with Crippen LogP contribution in [0.1, 0.15) is 12.5 Å². The molecule has 0 N–H and O–H groups in total. The molecule has 0 spiro atoms. The van der Waals surface area contributed by atoms with Gasteiger partial charge in [-0.05, 0) is 60.6 Å². The summed E-state index contributed by atoms with van der Waals surface area (Å²) in [6.07, 6.45) is 0. The van der Waals surface area contributed by atoms with Gasteiger partial charge in [0.15, 0.2) is 0 Å². The van der Waals surface area contributed by atoms with E-state index in [0.717, 1.165) is 27.1 Å². The highest BCUT2D eigenvalue weighted by atomic mass is 31.1. The normalized spacial score (nSPS) is 10.8. The summed E-state index contributed by atoms with van der Waals surface area (Å²) >= 11 is 0. The molecule has 0 aliphatic rings. The Morgan fingerprint density at radius 3 is 1.33 bits per heavy atom. The lowest BCUT2D eigenvalue weighted by molar-refractivity contribution is 0.628. The summed E-state index contributed by atoms with van der Waals surface area (Å²) in [5.74, 6) is -0.518. The van der Waals surface area contributed by atoms with E-state index in [0.29, 0.717) is 0 Å². The smallest absolute Gasteiger partial charge is 0.123 e. The van der Waals surface area contributed by atoms with E-state index in [-0.39, 0.29) is 11.6 Å². The molecular formula is C21H17F2P. The van der Waals surface area contributed by atoms with Gasteiger partial charge >= 0.3 is 0 Å². The van der Waals surface area contributed by atoms with Crippen molar-refractivity contribution < 1.29 is 8.78 Å². The van der Waals surface area contributed by atoms with Crippen LogP contribution in [0.5, 0.6) is 0 Å². The molecule has 3 aromatic carbocycles. The second-order valence-electron chi connectivity index (χ2n) is 5.62. The van der Waals surface area contributed by atoms with Crippen LogP contribution in [0.25, 0.3) is 5.57 Å². The molecule has 0 bridgehead atoms. The van der Waals surface area contributed by atoms with Crippen molar-refractivity contribution in [2.24, 2.45) is 0 Å². The molecule has 3 aromatic rings. The van der Waals surface area contributed by atoms with E-state index in [1.165, 1.54) is 24.3 Å². The SMILES string of the molecule is C=C(C)c1ccc(P(c2ccc(F)cc2)c2ccc(F)cc2)cc1. The van der Waals surface area contributed by atoms with Crippen LogP contribution in [-0.2, 0) is 0 Å². The average molecular weight is 338 g/mol. The Morgan fingerprint density at radius 1 is 0.667 bits per heavy atom. The lowest BCUT2D eigenvalue weighted by atomic mass is 10.1. The number of rotatable bonds is 4. The zero-order valence-corrected chi connectivity index (χ0v) is 14.2. The van der Waals surface area contributed by atoms with Crippen LogP contribution in [0, 0.1) is 11.6 Å². The molecule has 0 unspecified atom stereocenters. The minimum atomic E-state index is -0.865. The summed E-state index contributed by atoms with van der Waals surface area (Å²) in [5.41, 5.74) is 2.10. The molecule has 0 saturated heterocycles. The van der Waals surface area contributed by atoms with Gasteiger partial charge in [-0.25, -0.2) is 8.78 Å². The number of hydrogen-bond acceptors (Lipinski definition) is 0. The maximum absolute atomic E-state index is 13.3. The van der Waals surface area contributed by atoms with E-state index >= 15 is 0 Å². The van der Waals surface area contributed by atoms with Gasteiger partial charge in [-0.15, -0.1) is 0 Å². The Labute approximate surface area is 142 Å². The molecule has 0 atom stereocenters. The van der Waals surface area contributed by atoms with Crippen molar-refractivity contribution in [2.45, 2.75) is 6.92 Å². The minimum absolute atomic E-state index is 0.259. The van der Waals surface area contributed by atoms with E-state index in [9.17, 15) is 8.78 Å². The van der Waals surface area contributed by atoms with Crippen molar-refractivity contribution in [3.8, 4) is 0 Å². The van der Waals surface area contributed by atoms with Crippen LogP contribution in [0.15, 0.2) is 79.4 Å². The van der Waals surface area contributed by atoms with Crippen LogP contribution in [-0.4, -0.2) is 0 Å². The van der Waals surface area contributed by atoms with Crippen molar-refractivity contribution in [1.82, 2.24) is 0 Å². The van der Waals surface area contributed by atoms with E-state index in [1.807, 2.05) is 19.1 Å². The van der Waals surface area contributed by atoms with Crippen molar-refractivity contribution >= 4 is 29.4 Å². The predicted molar refractivity (Wildman–Crippen MR) is 99.8 cm³/mol. The Balaban J connectivity index is 2.08. The highest BCUT2D eigenvalue weighted by Crippen LogP contribution is 2.33. The van der Waals surface area contributed by atoms with Crippen LogP contribution < -0.4 is 15.9 Å². The molecule has 0 saturated carbocycles. The minimum Gasteiger partial charge on any atom is -0.207 e. The Kier molecular flexibility index (Phi) is 4.87. The van der Waals surface area contributed by atoms with E-state index < -0.39 is 7.92 Å². The van der Waals surface area contributed by atoms with Gasteiger partial charge in [0.1, 0.15) is 11.6 Å². The third-order valence-electron chi connectivity index (χ3n) is 3.79. The molecule has 24 heavy (non-hydrogen) atoms. The van der Waals surface area contributed by atoms with Crippen molar-refractivity contribution in [2.75, 3.05) is 0 Å². The van der Waals surface area contributed by atoms with Gasteiger partial charge in [0.2, 0.25) is 0 Å². The van der Waals surface area contributed by atoms with Gasteiger partial charge in [-0.2, -0.15) is 0 Å². The van der Waals surface area contributed by atoms with Gasteiger partial charge in [0.25, 0.3) is 0 Å². The lowest BCUT2D eigenvalue weighted by Crippen LogP contribution is -2.20. The molecular weight excluding hydrogens is 321 g/mol. The van der Waals surface area contributed by atoms with Gasteiger partial charge < -0.3 is 0 Å². The quantitative estimate of drug-likeness (QED) is 0.602. The molecule has 0 aliphatic heterocycles. The second-order valence-corrected chi connectivity index (χ2v) is 7.84. The molecule has 3 heteroatoms. The Bertz CT molecular complexity index is 789. The molecule has 0 heterocycles. The first-order chi connectivity index (χ1) is 11.5. The molecule has 120 valence electrons. The van der Waals surface area contributed by atoms with Crippen LogP contribution in [0.4, 0.5) is 8.78 Å². The van der Waals surface area contributed by atoms with Crippen molar-refractivity contribution in [3.63, 3.8) is 0 Å². The summed E-state index contributed by atoms with van der Waals surface area (Å²) < 4.78 is 26.6. The standard InChI is InChI=1S/C21H17F2P/c1-15(2)16-3-9-19(10-4-16)24(20-11-5-17(22)6-12-20)21-13-7-18(23)8-14-21/h3-14H,1H2,2H3. The number of hydrogen-bond donors (Lipinski definition) is 0. The maximum Gasteiger partial charge on any atom is 0.123 e. The zero-order chi connectivity index (χ0) is 17.1. The highest BCUT2D eigenvalue weighted by molar-refractivity contribution is 7.79. The summed E-state index contributed by atoms with van der Waals surface area (Å²) in [5, 5.41) is 3.19. The zero-order valence-electron chi connectivity index (χ0n) is 13.3. The molecule has 0 amide bonds. The fourth-order valence-corrected chi connectivity index (χ4v) is 4.76. The van der Waals surface area contributed by atoms with E-state index in [4.69, 9.17) is 0 Å². The highest BCUT2D eigenvalue weighted by Gasteiger charge is 2.16. The third kappa shape index (κ3) is 3.60. The molecule has 0 aliphatic carbocycles. The topological polar surface area (TPSA) is 0 Å². The molecule has 0 nitrogen and oxygen atoms in total. The molecule has 0 radical (unpaired) electrons. The Hall–Kier alpha value is -2.31. The van der Waals surface area contributed by atoms with Crippen molar-refractivity contribution in [1.29, 1.82) is 0 Å². The van der Waals surface area contributed by atoms with Crippen molar-refractivity contribution in [3.05, 3.63) is 96.6 Å². The molecule has 0 fully saturated rings. The van der Waals surface area contributed by atoms with Crippen LogP contribution in [0.3, 0.4) is 0 Å². The largest absolute Gasteiger partial charge is 0.207 e. The first-order valence-electron chi connectivity index (χ1n) is 7.62. The van der Waals surface area contributed by atoms with Crippen LogP contribution in [0.2, 0.25) is 0 Å². The van der Waals surface area contributed by atoms with E-state index in [2.05, 4.69) is 18.7 Å².